The molecule has 0 spiro atoms. The summed E-state index contributed by atoms with van der Waals surface area (Å²) >= 11 is 0. The topological polar surface area (TPSA) is 87.2 Å². The van der Waals surface area contributed by atoms with E-state index in [0.717, 1.165) is 30.3 Å². The standard InChI is InChI=1S/C17H22N4O3/c1-20(12-13-7-4-3-5-8-13)10-6-9-18-15(22)14-11-19-17(24)21(2)16(14)23/h3-5,7-8,11H,6,9-10,12H2,1-2H3,(H,18,22)(H,19,24). The molecule has 0 atom stereocenters. The molecule has 2 N–H and O–H groups in total. The lowest BCUT2D eigenvalue weighted by Gasteiger charge is -2.16. The maximum Gasteiger partial charge on any atom is 0.328 e. The second-order valence-electron chi connectivity index (χ2n) is 5.70. The minimum Gasteiger partial charge on any atom is -0.352 e. The molecule has 0 saturated heterocycles. The summed E-state index contributed by atoms with van der Waals surface area (Å²) in [5.41, 5.74) is 0.0343. The van der Waals surface area contributed by atoms with Crippen LogP contribution in [-0.2, 0) is 13.6 Å². The van der Waals surface area contributed by atoms with Crippen molar-refractivity contribution in [2.45, 2.75) is 13.0 Å². The van der Waals surface area contributed by atoms with Gasteiger partial charge in [-0.25, -0.2) is 4.79 Å². The van der Waals surface area contributed by atoms with Crippen LogP contribution >= 0.6 is 0 Å². The van der Waals surface area contributed by atoms with Crippen molar-refractivity contribution < 1.29 is 4.79 Å². The third-order valence-corrected chi connectivity index (χ3v) is 3.72. The summed E-state index contributed by atoms with van der Waals surface area (Å²) in [5.74, 6) is -0.474. The fourth-order valence-electron chi connectivity index (χ4n) is 2.35. The number of carbonyl (C=O) groups excluding carboxylic acids is 1. The Balaban J connectivity index is 1.78. The van der Waals surface area contributed by atoms with E-state index in [1.165, 1.54) is 12.6 Å². The van der Waals surface area contributed by atoms with Crippen LogP contribution in [0.3, 0.4) is 0 Å². The lowest BCUT2D eigenvalue weighted by Crippen LogP contribution is -2.39. The van der Waals surface area contributed by atoms with Gasteiger partial charge in [0, 0.05) is 26.3 Å². The Kier molecular flexibility index (Phi) is 6.08. The zero-order valence-electron chi connectivity index (χ0n) is 13.9. The van der Waals surface area contributed by atoms with Gasteiger partial charge in [-0.2, -0.15) is 0 Å². The molecular formula is C17H22N4O3. The number of aromatic amines is 1. The van der Waals surface area contributed by atoms with Crippen LogP contribution in [0, 0.1) is 0 Å². The molecule has 2 aromatic rings. The van der Waals surface area contributed by atoms with Gasteiger partial charge in [0.2, 0.25) is 0 Å². The molecule has 0 fully saturated rings. The van der Waals surface area contributed by atoms with E-state index in [4.69, 9.17) is 0 Å². The molecule has 24 heavy (non-hydrogen) atoms. The van der Waals surface area contributed by atoms with E-state index in [0.29, 0.717) is 6.54 Å². The Morgan fingerprint density at radius 3 is 2.67 bits per heavy atom. The fraction of sp³-hybridized carbons (Fsp3) is 0.353. The van der Waals surface area contributed by atoms with Gasteiger partial charge in [-0.05, 0) is 25.6 Å². The van der Waals surface area contributed by atoms with Gasteiger partial charge in [0.1, 0.15) is 5.56 Å². The molecule has 128 valence electrons. The fourth-order valence-corrected chi connectivity index (χ4v) is 2.35. The molecule has 0 aliphatic rings. The van der Waals surface area contributed by atoms with Gasteiger partial charge in [0.05, 0.1) is 0 Å². The van der Waals surface area contributed by atoms with E-state index in [-0.39, 0.29) is 5.56 Å². The Morgan fingerprint density at radius 1 is 1.25 bits per heavy atom. The van der Waals surface area contributed by atoms with Crippen molar-refractivity contribution in [3.63, 3.8) is 0 Å². The average Bonchev–Trinajstić information content (AvgIpc) is 2.57. The molecule has 2 rings (SSSR count). The first-order valence-electron chi connectivity index (χ1n) is 7.78. The number of nitrogens with zero attached hydrogens (tertiary/aromatic N) is 2. The zero-order chi connectivity index (χ0) is 17.5. The molecule has 0 radical (unpaired) electrons. The number of carbonyl (C=O) groups is 1. The average molecular weight is 330 g/mol. The molecule has 0 bridgehead atoms. The van der Waals surface area contributed by atoms with Gasteiger partial charge in [0.15, 0.2) is 0 Å². The molecule has 0 saturated carbocycles. The molecule has 1 aromatic heterocycles. The van der Waals surface area contributed by atoms with Crippen molar-refractivity contribution in [1.82, 2.24) is 19.8 Å². The Hall–Kier alpha value is -2.67. The van der Waals surface area contributed by atoms with E-state index in [2.05, 4.69) is 27.3 Å². The molecular weight excluding hydrogens is 308 g/mol. The van der Waals surface area contributed by atoms with Crippen molar-refractivity contribution in [3.8, 4) is 0 Å². The first-order chi connectivity index (χ1) is 11.5. The van der Waals surface area contributed by atoms with Crippen LogP contribution in [0.15, 0.2) is 46.1 Å². The Labute approximate surface area is 139 Å². The smallest absolute Gasteiger partial charge is 0.328 e. The van der Waals surface area contributed by atoms with E-state index in [9.17, 15) is 14.4 Å². The number of aromatic nitrogens is 2. The molecule has 0 unspecified atom stereocenters. The number of amides is 1. The highest BCUT2D eigenvalue weighted by Crippen LogP contribution is 2.02. The normalized spacial score (nSPS) is 10.8. The molecule has 0 aliphatic heterocycles. The van der Waals surface area contributed by atoms with Crippen LogP contribution in [0.25, 0.3) is 0 Å². The van der Waals surface area contributed by atoms with Crippen molar-refractivity contribution in [2.24, 2.45) is 7.05 Å². The predicted molar refractivity (Wildman–Crippen MR) is 92.0 cm³/mol. The minimum atomic E-state index is -0.600. The quantitative estimate of drug-likeness (QED) is 0.716. The highest BCUT2D eigenvalue weighted by molar-refractivity contribution is 5.93. The van der Waals surface area contributed by atoms with Gasteiger partial charge in [0.25, 0.3) is 11.5 Å². The number of hydrogen-bond acceptors (Lipinski definition) is 4. The molecule has 0 aliphatic carbocycles. The Bertz CT molecular complexity index is 795. The SMILES string of the molecule is CN(CCCNC(=O)c1c[nH]c(=O)n(C)c1=O)Cc1ccccc1. The van der Waals surface area contributed by atoms with Crippen LogP contribution in [0.4, 0.5) is 0 Å². The van der Waals surface area contributed by atoms with Crippen molar-refractivity contribution in [1.29, 1.82) is 0 Å². The second kappa shape index (κ2) is 8.26. The highest BCUT2D eigenvalue weighted by Gasteiger charge is 2.12. The van der Waals surface area contributed by atoms with Crippen molar-refractivity contribution in [2.75, 3.05) is 20.1 Å². The summed E-state index contributed by atoms with van der Waals surface area (Å²) < 4.78 is 0.878. The summed E-state index contributed by atoms with van der Waals surface area (Å²) in [4.78, 5) is 39.7. The van der Waals surface area contributed by atoms with Crippen LogP contribution in [0.1, 0.15) is 22.3 Å². The van der Waals surface area contributed by atoms with Gasteiger partial charge < -0.3 is 15.2 Å². The highest BCUT2D eigenvalue weighted by atomic mass is 16.2. The summed E-state index contributed by atoms with van der Waals surface area (Å²) in [6.45, 7) is 2.12. The summed E-state index contributed by atoms with van der Waals surface area (Å²) in [6, 6.07) is 10.1. The number of nitrogens with one attached hydrogen (secondary N) is 2. The van der Waals surface area contributed by atoms with E-state index in [1.54, 1.807) is 0 Å². The van der Waals surface area contributed by atoms with Gasteiger partial charge >= 0.3 is 5.69 Å². The molecule has 7 heteroatoms. The first kappa shape index (κ1) is 17.7. The van der Waals surface area contributed by atoms with Crippen LogP contribution in [-0.4, -0.2) is 40.5 Å². The number of benzene rings is 1. The summed E-state index contributed by atoms with van der Waals surface area (Å²) in [6.07, 6.45) is 1.92. The number of hydrogen-bond donors (Lipinski definition) is 2. The maximum atomic E-state index is 12.0. The predicted octanol–water partition coefficient (Wildman–Crippen LogP) is 0.326. The third kappa shape index (κ3) is 4.66. The third-order valence-electron chi connectivity index (χ3n) is 3.72. The van der Waals surface area contributed by atoms with E-state index in [1.807, 2.05) is 25.2 Å². The van der Waals surface area contributed by atoms with Crippen molar-refractivity contribution in [3.05, 3.63) is 68.5 Å². The minimum absolute atomic E-state index is 0.0604. The lowest BCUT2D eigenvalue weighted by molar-refractivity contribution is 0.0949. The zero-order valence-corrected chi connectivity index (χ0v) is 13.9. The van der Waals surface area contributed by atoms with Gasteiger partial charge in [-0.3, -0.25) is 14.2 Å². The van der Waals surface area contributed by atoms with Gasteiger partial charge in [-0.15, -0.1) is 0 Å². The number of H-pyrrole nitrogens is 1. The first-order valence-corrected chi connectivity index (χ1v) is 7.78. The van der Waals surface area contributed by atoms with Crippen LogP contribution < -0.4 is 16.6 Å². The molecule has 1 amide bonds. The molecule has 1 heterocycles. The summed E-state index contributed by atoms with van der Waals surface area (Å²) in [7, 11) is 3.35. The maximum absolute atomic E-state index is 12.0. The number of rotatable bonds is 7. The van der Waals surface area contributed by atoms with Crippen LogP contribution in [0.2, 0.25) is 0 Å². The summed E-state index contributed by atoms with van der Waals surface area (Å²) in [5, 5.41) is 2.70. The Morgan fingerprint density at radius 2 is 1.96 bits per heavy atom. The lowest BCUT2D eigenvalue weighted by atomic mass is 10.2. The largest absolute Gasteiger partial charge is 0.352 e. The van der Waals surface area contributed by atoms with Gasteiger partial charge in [-0.1, -0.05) is 30.3 Å². The second-order valence-corrected chi connectivity index (χ2v) is 5.70. The van der Waals surface area contributed by atoms with Crippen LogP contribution in [0.5, 0.6) is 0 Å². The monoisotopic (exact) mass is 330 g/mol. The molecule has 1 aromatic carbocycles. The van der Waals surface area contributed by atoms with E-state index >= 15 is 0 Å². The van der Waals surface area contributed by atoms with E-state index < -0.39 is 17.2 Å². The van der Waals surface area contributed by atoms with Crippen molar-refractivity contribution >= 4 is 5.91 Å². The molecule has 7 nitrogen and oxygen atoms in total.